The van der Waals surface area contributed by atoms with Gasteiger partial charge in [-0.3, -0.25) is 9.59 Å². The summed E-state index contributed by atoms with van der Waals surface area (Å²) in [5.74, 6) is -3.93. The zero-order valence-electron chi connectivity index (χ0n) is 29.0. The van der Waals surface area contributed by atoms with Crippen molar-refractivity contribution in [1.29, 1.82) is 0 Å². The van der Waals surface area contributed by atoms with E-state index in [1.807, 2.05) is 13.0 Å². The van der Waals surface area contributed by atoms with Gasteiger partial charge in [-0.05, 0) is 51.7 Å². The summed E-state index contributed by atoms with van der Waals surface area (Å²) >= 11 is 0. The number of carbonyl (C=O) groups excluding carboxylic acids is 2. The lowest BCUT2D eigenvalue weighted by molar-refractivity contribution is -0.395. The Balaban J connectivity index is 1.23. The lowest BCUT2D eigenvalue weighted by atomic mass is 9.77. The van der Waals surface area contributed by atoms with E-state index in [1.54, 1.807) is 6.92 Å². The fourth-order valence-electron chi connectivity index (χ4n) is 9.42. The van der Waals surface area contributed by atoms with E-state index in [0.29, 0.717) is 54.7 Å². The van der Waals surface area contributed by atoms with E-state index in [4.69, 9.17) is 47.4 Å². The van der Waals surface area contributed by atoms with Crippen molar-refractivity contribution in [2.45, 2.75) is 126 Å². The van der Waals surface area contributed by atoms with E-state index in [-0.39, 0.29) is 47.7 Å². The lowest BCUT2D eigenvalue weighted by Crippen LogP contribution is -2.72. The number of methoxy groups -OCH3 is 1. The molecule has 1 aliphatic carbocycles. The Morgan fingerprint density at radius 3 is 2.55 bits per heavy atom. The summed E-state index contributed by atoms with van der Waals surface area (Å²) < 4.78 is 63.9. The minimum atomic E-state index is -1.96. The molecule has 2 bridgehead atoms. The number of fused-ring (bicyclic) bond motifs is 8. The number of Topliss-reactive ketones (excluding diaryl/α,β-unsaturated/α-hetero) is 1. The van der Waals surface area contributed by atoms with Crippen molar-refractivity contribution in [2.24, 2.45) is 0 Å². The minimum Gasteiger partial charge on any atom is -0.506 e. The van der Waals surface area contributed by atoms with E-state index < -0.39 is 71.8 Å². The molecule has 0 aromatic heterocycles. The maximum absolute atomic E-state index is 13.3. The van der Waals surface area contributed by atoms with Crippen LogP contribution in [0.2, 0.25) is 0 Å². The van der Waals surface area contributed by atoms with Crippen LogP contribution in [0.15, 0.2) is 6.07 Å². The number of phenolic OH excluding ortho intramolecular Hbond substituents is 1. The second-order valence-corrected chi connectivity index (χ2v) is 14.7. The molecule has 2 aromatic carbocycles. The van der Waals surface area contributed by atoms with Crippen LogP contribution in [0.4, 0.5) is 0 Å². The van der Waals surface area contributed by atoms with Gasteiger partial charge in [-0.2, -0.15) is 0 Å². The van der Waals surface area contributed by atoms with Gasteiger partial charge in [0.25, 0.3) is 11.6 Å². The van der Waals surface area contributed by atoms with Gasteiger partial charge >= 0.3 is 5.97 Å². The number of rotatable bonds is 6. The third-order valence-corrected chi connectivity index (χ3v) is 11.8. The van der Waals surface area contributed by atoms with Gasteiger partial charge in [-0.25, -0.2) is 0 Å². The molecule has 0 saturated carbocycles. The molecule has 1 spiro atoms. The van der Waals surface area contributed by atoms with Gasteiger partial charge in [0.05, 0.1) is 50.1 Å². The predicted octanol–water partition coefficient (Wildman–Crippen LogP) is 2.36. The molecule has 51 heavy (non-hydrogen) atoms. The summed E-state index contributed by atoms with van der Waals surface area (Å²) in [6.07, 6.45) is -5.79. The fraction of sp³-hybridized carbons (Fsp3) is 0.667. The average molecular weight is 715 g/mol. The standard InChI is InChI=1S/C36H42O15/c1-15-12-20-26(27(40)25-19(28(20)42-5)8-6-9-21(25)39)29-24(15)30-31-35(49-29,33(14-45-33)36(50-30,51-31)32-43-10-7-11-44-32)48-23-13-22(47-18(4)38)34(41,16(2)37)17(3)46-23/h12,16-17,22-23,30-32,37,40-41H,6-11,13-14H2,1-5H3/t16-,17?,22+,23+,30?,31?,33+,34-,35-,36?/m1/s1. The molecule has 10 atom stereocenters. The SMILES string of the molecule is COc1c2c(c(O)c3c4c(c(C)cc13)C1OC3(C5OCCCO5)OC1[C@@](O[C@H]1C[C@H](OC(C)=O)[C@@](O)([C@@H](C)O)C(C)O1)(O4)[C@@]31CO1)C(=O)CCC2. The first kappa shape index (κ1) is 33.7. The van der Waals surface area contributed by atoms with E-state index in [2.05, 4.69) is 0 Å². The molecular formula is C36H42O15. The van der Waals surface area contributed by atoms with Crippen LogP contribution >= 0.6 is 0 Å². The van der Waals surface area contributed by atoms with Gasteiger partial charge in [0.2, 0.25) is 11.9 Å². The highest BCUT2D eigenvalue weighted by Gasteiger charge is 2.94. The minimum absolute atomic E-state index is 0.0367. The maximum Gasteiger partial charge on any atom is 0.303 e. The monoisotopic (exact) mass is 714 g/mol. The van der Waals surface area contributed by atoms with Crippen LogP contribution in [0.5, 0.6) is 17.2 Å². The van der Waals surface area contributed by atoms with Gasteiger partial charge in [0.1, 0.15) is 29.5 Å². The number of phenols is 1. The molecule has 6 aliphatic heterocycles. The van der Waals surface area contributed by atoms with Crippen LogP contribution in [-0.2, 0) is 49.1 Å². The van der Waals surface area contributed by atoms with E-state index >= 15 is 0 Å². The number of hydrogen-bond acceptors (Lipinski definition) is 15. The molecule has 6 heterocycles. The van der Waals surface area contributed by atoms with Gasteiger partial charge in [-0.1, -0.05) is 0 Å². The smallest absolute Gasteiger partial charge is 0.303 e. The summed E-state index contributed by atoms with van der Waals surface area (Å²) in [7, 11) is 1.53. The number of esters is 1. The molecule has 2 aromatic rings. The van der Waals surface area contributed by atoms with Crippen molar-refractivity contribution in [3.05, 3.63) is 28.3 Å². The van der Waals surface area contributed by atoms with Crippen molar-refractivity contribution in [2.75, 3.05) is 26.9 Å². The van der Waals surface area contributed by atoms with Gasteiger partial charge in [0.15, 0.2) is 23.8 Å². The summed E-state index contributed by atoms with van der Waals surface area (Å²) in [6.45, 7) is 6.85. The molecule has 5 fully saturated rings. The van der Waals surface area contributed by atoms with Crippen LogP contribution in [-0.4, -0.2) is 114 Å². The highest BCUT2D eigenvalue weighted by molar-refractivity contribution is 6.11. The van der Waals surface area contributed by atoms with Gasteiger partial charge in [-0.15, -0.1) is 0 Å². The Bertz CT molecular complexity index is 1830. The van der Waals surface area contributed by atoms with Crippen molar-refractivity contribution in [3.63, 3.8) is 0 Å². The molecule has 3 N–H and O–H groups in total. The van der Waals surface area contributed by atoms with Gasteiger partial charge in [0, 0.05) is 36.3 Å². The molecule has 4 unspecified atom stereocenters. The zero-order valence-corrected chi connectivity index (χ0v) is 29.0. The highest BCUT2D eigenvalue weighted by atomic mass is 16.9. The highest BCUT2D eigenvalue weighted by Crippen LogP contribution is 2.72. The normalized spacial score (nSPS) is 40.1. The molecule has 276 valence electrons. The van der Waals surface area contributed by atoms with Gasteiger partial charge < -0.3 is 62.7 Å². The molecule has 0 amide bonds. The molecule has 0 radical (unpaired) electrons. The maximum atomic E-state index is 13.3. The topological polar surface area (TPSA) is 190 Å². The average Bonchev–Trinajstić information content (AvgIpc) is 3.75. The molecule has 7 aliphatic rings. The molecule has 9 rings (SSSR count). The Morgan fingerprint density at radius 2 is 1.88 bits per heavy atom. The second-order valence-electron chi connectivity index (χ2n) is 14.7. The van der Waals surface area contributed by atoms with Crippen LogP contribution < -0.4 is 9.47 Å². The van der Waals surface area contributed by atoms with Crippen LogP contribution in [0.3, 0.4) is 0 Å². The van der Waals surface area contributed by atoms with Crippen molar-refractivity contribution < 1.29 is 72.3 Å². The number of aliphatic hydroxyl groups is 2. The van der Waals surface area contributed by atoms with E-state index in [1.165, 1.54) is 21.0 Å². The first-order valence-corrected chi connectivity index (χ1v) is 17.6. The lowest BCUT2D eigenvalue weighted by Gasteiger charge is -2.53. The summed E-state index contributed by atoms with van der Waals surface area (Å²) in [5.41, 5.74) is -1.29. The number of aryl methyl sites for hydroxylation is 1. The summed E-state index contributed by atoms with van der Waals surface area (Å²) in [4.78, 5) is 25.6. The number of aliphatic hydroxyl groups excluding tert-OH is 1. The first-order chi connectivity index (χ1) is 24.3. The zero-order chi connectivity index (χ0) is 35.8. The molecule has 15 heteroatoms. The third-order valence-electron chi connectivity index (χ3n) is 11.8. The van der Waals surface area contributed by atoms with Crippen LogP contribution in [0.1, 0.15) is 79.6 Å². The van der Waals surface area contributed by atoms with Crippen LogP contribution in [0, 0.1) is 6.92 Å². The Kier molecular flexibility index (Phi) is 7.40. The Hall–Kier alpha value is -3.12. The summed E-state index contributed by atoms with van der Waals surface area (Å²) in [5, 5.41) is 35.0. The van der Waals surface area contributed by atoms with Crippen LogP contribution in [0.25, 0.3) is 10.8 Å². The predicted molar refractivity (Wildman–Crippen MR) is 170 cm³/mol. The van der Waals surface area contributed by atoms with Crippen molar-refractivity contribution >= 4 is 22.5 Å². The Labute approximate surface area is 292 Å². The Morgan fingerprint density at radius 1 is 1.14 bits per heavy atom. The number of aromatic hydroxyl groups is 1. The van der Waals surface area contributed by atoms with Crippen molar-refractivity contribution in [1.82, 2.24) is 0 Å². The molecular weight excluding hydrogens is 672 g/mol. The quantitative estimate of drug-likeness (QED) is 0.292. The third kappa shape index (κ3) is 4.20. The number of ether oxygens (including phenoxy) is 10. The number of epoxide rings is 1. The second kappa shape index (κ2) is 11.2. The number of carbonyl (C=O) groups is 2. The number of hydrogen-bond donors (Lipinski definition) is 3. The van der Waals surface area contributed by atoms with E-state index in [9.17, 15) is 24.9 Å². The number of benzene rings is 2. The molecule has 15 nitrogen and oxygen atoms in total. The fourth-order valence-corrected chi connectivity index (χ4v) is 9.42. The van der Waals surface area contributed by atoms with E-state index in [0.717, 1.165) is 5.56 Å². The molecule has 5 saturated heterocycles. The number of ketones is 1. The van der Waals surface area contributed by atoms with Crippen molar-refractivity contribution in [3.8, 4) is 17.2 Å². The summed E-state index contributed by atoms with van der Waals surface area (Å²) in [6, 6.07) is 1.88. The first-order valence-electron chi connectivity index (χ1n) is 17.6. The largest absolute Gasteiger partial charge is 0.506 e.